The number of benzene rings is 4. The molecule has 1 aliphatic rings. The Kier molecular flexibility index (Phi) is 9.51. The van der Waals surface area contributed by atoms with E-state index < -0.39 is 24.3 Å². The molecule has 0 spiro atoms. The maximum atomic E-state index is 11.7. The van der Waals surface area contributed by atoms with Gasteiger partial charge in [0.05, 0.1) is 33.0 Å². The van der Waals surface area contributed by atoms with E-state index >= 15 is 0 Å². The molecule has 4 aromatic rings. The summed E-state index contributed by atoms with van der Waals surface area (Å²) >= 11 is 0. The second-order valence-corrected chi connectivity index (χ2v) is 9.53. The molecule has 39 heavy (non-hydrogen) atoms. The first kappa shape index (κ1) is 27.2. The second-order valence-electron chi connectivity index (χ2n) is 9.53. The second kappa shape index (κ2) is 13.6. The van der Waals surface area contributed by atoms with Crippen LogP contribution in [0.15, 0.2) is 121 Å². The molecule has 1 fully saturated rings. The quantitative estimate of drug-likeness (QED) is 0.241. The molecule has 4 atom stereocenters. The van der Waals surface area contributed by atoms with Crippen molar-refractivity contribution in [2.75, 3.05) is 6.61 Å². The van der Waals surface area contributed by atoms with Crippen molar-refractivity contribution in [3.8, 4) is 0 Å². The lowest BCUT2D eigenvalue weighted by molar-refractivity contribution is -0.445. The average Bonchev–Trinajstić information content (AvgIpc) is 3.00. The Morgan fingerprint density at radius 1 is 0.564 bits per heavy atom. The van der Waals surface area contributed by atoms with Crippen LogP contribution in [0.2, 0.25) is 0 Å². The number of rotatable bonds is 12. The van der Waals surface area contributed by atoms with Crippen LogP contribution < -0.4 is 0 Å². The van der Waals surface area contributed by atoms with Crippen LogP contribution in [-0.4, -0.2) is 36.0 Å². The van der Waals surface area contributed by atoms with E-state index in [1.165, 1.54) is 0 Å². The zero-order valence-corrected chi connectivity index (χ0v) is 21.8. The summed E-state index contributed by atoms with van der Waals surface area (Å²) in [6.45, 7) is 1.14. The molecule has 4 unspecified atom stereocenters. The molecular formula is C33H34O6. The van der Waals surface area contributed by atoms with Crippen molar-refractivity contribution >= 4 is 0 Å². The van der Waals surface area contributed by atoms with Gasteiger partial charge in [0.2, 0.25) is 0 Å². The number of ether oxygens (including phenoxy) is 5. The van der Waals surface area contributed by atoms with E-state index in [0.29, 0.717) is 13.2 Å². The minimum Gasteiger partial charge on any atom is -0.368 e. The summed E-state index contributed by atoms with van der Waals surface area (Å²) < 4.78 is 31.1. The molecule has 202 valence electrons. The number of aliphatic hydroxyl groups is 1. The van der Waals surface area contributed by atoms with E-state index in [9.17, 15) is 5.11 Å². The summed E-state index contributed by atoms with van der Waals surface area (Å²) in [7, 11) is 0. The molecule has 0 radical (unpaired) electrons. The van der Waals surface area contributed by atoms with Gasteiger partial charge in [0.15, 0.2) is 6.10 Å². The summed E-state index contributed by atoms with van der Waals surface area (Å²) in [5, 5.41) is 11.7. The third-order valence-electron chi connectivity index (χ3n) is 6.63. The lowest BCUT2D eigenvalue weighted by atomic mass is 10.0. The minimum atomic E-state index is -2.04. The summed E-state index contributed by atoms with van der Waals surface area (Å²) in [6, 6.07) is 39.2. The first-order valence-electron chi connectivity index (χ1n) is 13.2. The molecule has 1 saturated heterocycles. The highest BCUT2D eigenvalue weighted by Crippen LogP contribution is 2.33. The van der Waals surface area contributed by atoms with Gasteiger partial charge in [-0.1, -0.05) is 121 Å². The van der Waals surface area contributed by atoms with Gasteiger partial charge >= 0.3 is 5.97 Å². The Labute approximate surface area is 229 Å². The van der Waals surface area contributed by atoms with Crippen LogP contribution in [-0.2, 0) is 50.1 Å². The van der Waals surface area contributed by atoms with E-state index in [1.807, 2.05) is 121 Å². The third kappa shape index (κ3) is 7.61. The van der Waals surface area contributed by atoms with Crippen LogP contribution >= 0.6 is 0 Å². The maximum Gasteiger partial charge on any atom is 0.311 e. The van der Waals surface area contributed by atoms with Gasteiger partial charge in [0.25, 0.3) is 0 Å². The zero-order valence-electron chi connectivity index (χ0n) is 21.8. The smallest absolute Gasteiger partial charge is 0.311 e. The fourth-order valence-electron chi connectivity index (χ4n) is 4.51. The number of hydrogen-bond donors (Lipinski definition) is 1. The van der Waals surface area contributed by atoms with Gasteiger partial charge < -0.3 is 28.8 Å². The van der Waals surface area contributed by atoms with Gasteiger partial charge in [-0.05, 0) is 22.3 Å². The predicted molar refractivity (Wildman–Crippen MR) is 147 cm³/mol. The van der Waals surface area contributed by atoms with E-state index in [-0.39, 0.29) is 19.8 Å². The van der Waals surface area contributed by atoms with Crippen molar-refractivity contribution in [1.29, 1.82) is 0 Å². The third-order valence-corrected chi connectivity index (χ3v) is 6.63. The average molecular weight is 527 g/mol. The monoisotopic (exact) mass is 526 g/mol. The molecule has 6 nitrogen and oxygen atoms in total. The molecule has 0 amide bonds. The van der Waals surface area contributed by atoms with Crippen LogP contribution in [0, 0.1) is 0 Å². The summed E-state index contributed by atoms with van der Waals surface area (Å²) in [6.07, 6.45) is -2.16. The lowest BCUT2D eigenvalue weighted by Crippen LogP contribution is -2.64. The van der Waals surface area contributed by atoms with Crippen molar-refractivity contribution in [3.05, 3.63) is 144 Å². The van der Waals surface area contributed by atoms with Crippen LogP contribution in [0.25, 0.3) is 0 Å². The maximum absolute atomic E-state index is 11.7. The van der Waals surface area contributed by atoms with E-state index in [0.717, 1.165) is 22.3 Å². The molecule has 0 saturated carbocycles. The molecule has 1 N–H and O–H groups in total. The molecule has 0 aromatic heterocycles. The van der Waals surface area contributed by atoms with Crippen molar-refractivity contribution in [1.82, 2.24) is 0 Å². The predicted octanol–water partition coefficient (Wildman–Crippen LogP) is 5.64. The molecule has 5 rings (SSSR count). The van der Waals surface area contributed by atoms with Gasteiger partial charge in [-0.2, -0.15) is 0 Å². The Morgan fingerprint density at radius 2 is 0.974 bits per heavy atom. The van der Waals surface area contributed by atoms with Crippen molar-refractivity contribution in [2.24, 2.45) is 0 Å². The Hall–Kier alpha value is -3.36. The van der Waals surface area contributed by atoms with Crippen molar-refractivity contribution in [2.45, 2.75) is 50.7 Å². The van der Waals surface area contributed by atoms with Crippen LogP contribution in [0.1, 0.15) is 22.3 Å². The van der Waals surface area contributed by atoms with Gasteiger partial charge in [0.1, 0.15) is 12.2 Å². The molecule has 0 aliphatic carbocycles. The fraction of sp³-hybridized carbons (Fsp3) is 0.273. The Balaban J connectivity index is 1.39. The first-order valence-corrected chi connectivity index (χ1v) is 13.2. The molecule has 6 heteroatoms. The van der Waals surface area contributed by atoms with Crippen LogP contribution in [0.5, 0.6) is 0 Å². The largest absolute Gasteiger partial charge is 0.368 e. The zero-order chi connectivity index (χ0) is 26.8. The summed E-state index contributed by atoms with van der Waals surface area (Å²) in [4.78, 5) is 0. The summed E-state index contributed by atoms with van der Waals surface area (Å²) in [5.74, 6) is -2.04. The van der Waals surface area contributed by atoms with Crippen LogP contribution in [0.3, 0.4) is 0 Å². The topological polar surface area (TPSA) is 66.4 Å². The first-order chi connectivity index (χ1) is 19.2. The van der Waals surface area contributed by atoms with E-state index in [1.54, 1.807) is 0 Å². The highest BCUT2D eigenvalue weighted by Gasteiger charge is 2.54. The molecule has 0 bridgehead atoms. The Morgan fingerprint density at radius 3 is 1.46 bits per heavy atom. The summed E-state index contributed by atoms with van der Waals surface area (Å²) in [5.41, 5.74) is 3.89. The number of hydrogen-bond acceptors (Lipinski definition) is 6. The van der Waals surface area contributed by atoms with Crippen molar-refractivity contribution in [3.63, 3.8) is 0 Å². The molecule has 1 aliphatic heterocycles. The van der Waals surface area contributed by atoms with Gasteiger partial charge in [-0.3, -0.25) is 0 Å². The van der Waals surface area contributed by atoms with Gasteiger partial charge in [0, 0.05) is 0 Å². The molecule has 4 aromatic carbocycles. The molecule has 1 heterocycles. The SMILES string of the molecule is OC1(OCc2ccccc2)OCC(OCc2ccccc2)C(OCc2ccccc2)C1OCc1ccccc1. The van der Waals surface area contributed by atoms with Crippen LogP contribution in [0.4, 0.5) is 0 Å². The Bertz CT molecular complexity index is 1240. The molecular weight excluding hydrogens is 492 g/mol. The van der Waals surface area contributed by atoms with Crippen molar-refractivity contribution < 1.29 is 28.8 Å². The van der Waals surface area contributed by atoms with E-state index in [4.69, 9.17) is 23.7 Å². The van der Waals surface area contributed by atoms with Gasteiger partial charge in [-0.15, -0.1) is 0 Å². The lowest BCUT2D eigenvalue weighted by Gasteiger charge is -2.46. The minimum absolute atomic E-state index is 0.0722. The normalized spacial score (nSPS) is 22.9. The van der Waals surface area contributed by atoms with Gasteiger partial charge in [-0.25, -0.2) is 0 Å². The highest BCUT2D eigenvalue weighted by atomic mass is 16.8. The highest BCUT2D eigenvalue weighted by molar-refractivity contribution is 5.16. The van der Waals surface area contributed by atoms with E-state index in [2.05, 4.69) is 0 Å². The fourth-order valence-corrected chi connectivity index (χ4v) is 4.51. The standard InChI is InChI=1S/C33H34O6/c34-33(38-24-29-19-11-4-12-20-29)32(37-23-28-17-9-3-10-18-28)31(36-22-27-15-7-2-8-16-27)30(25-39-33)35-21-26-13-5-1-6-14-26/h1-20,30-32,34H,21-25H2.